The molecule has 2 saturated carbocycles. The molecule has 0 unspecified atom stereocenters. The lowest BCUT2D eigenvalue weighted by Gasteiger charge is -2.27. The Morgan fingerprint density at radius 1 is 1.11 bits per heavy atom. The lowest BCUT2D eigenvalue weighted by molar-refractivity contribution is -0.119. The molecule has 0 bridgehead atoms. The van der Waals surface area contributed by atoms with Gasteiger partial charge in [-0.25, -0.2) is 18.4 Å². The quantitative estimate of drug-likeness (QED) is 0.138. The minimum absolute atomic E-state index is 0.0123. The highest BCUT2D eigenvalue weighted by molar-refractivity contribution is 6.76. The van der Waals surface area contributed by atoms with Gasteiger partial charge < -0.3 is 15.4 Å². The van der Waals surface area contributed by atoms with E-state index in [0.717, 1.165) is 31.7 Å². The number of carbonyl (C=O) groups is 2. The van der Waals surface area contributed by atoms with Crippen LogP contribution in [0.5, 0.6) is 0 Å². The van der Waals surface area contributed by atoms with Gasteiger partial charge in [-0.3, -0.25) is 14.3 Å². The zero-order chi connectivity index (χ0) is 33.3. The van der Waals surface area contributed by atoms with Gasteiger partial charge in [-0.2, -0.15) is 10.2 Å². The van der Waals surface area contributed by atoms with E-state index < -0.39 is 26.4 Å². The first-order valence-corrected chi connectivity index (χ1v) is 20.0. The number of nitrogens with one attached hydrogen (secondary N) is 2. The van der Waals surface area contributed by atoms with Gasteiger partial charge in [0, 0.05) is 55.5 Å². The van der Waals surface area contributed by atoms with E-state index >= 15 is 0 Å². The second-order valence-corrected chi connectivity index (χ2v) is 19.9. The van der Waals surface area contributed by atoms with E-state index in [0.29, 0.717) is 41.1 Å². The van der Waals surface area contributed by atoms with Gasteiger partial charge in [-0.1, -0.05) is 19.6 Å². The summed E-state index contributed by atoms with van der Waals surface area (Å²) in [6.45, 7) is 15.2. The zero-order valence-electron chi connectivity index (χ0n) is 27.9. The number of pyridine rings is 1. The summed E-state index contributed by atoms with van der Waals surface area (Å²) in [5.74, 6) is -0.180. The monoisotopic (exact) mass is 655 g/mol. The molecule has 2 aliphatic rings. The standard InChI is InChI=1S/C33H47F2N7O3Si/c1-19(2)42-26(12-13-37-42)32(43)39-30(29(22-8-9-22)23-10-11-23)33(44)38-27-16-24(31(34)35)25(17-36-27)28-20(3)40-41(21(28)4)18-45-14-15-46(5,6)7/h12-13,16-17,19,22-23,29-31H,8-11,14-15,18H2,1-7H3,(H,39,43)(H,36,38,44)/t30-/m0/s1. The summed E-state index contributed by atoms with van der Waals surface area (Å²) in [4.78, 5) is 31.7. The molecule has 46 heavy (non-hydrogen) atoms. The number of hydrogen-bond donors (Lipinski definition) is 2. The lowest BCUT2D eigenvalue weighted by atomic mass is 9.88. The van der Waals surface area contributed by atoms with Gasteiger partial charge in [0.05, 0.1) is 5.69 Å². The van der Waals surface area contributed by atoms with Crippen LogP contribution in [0.2, 0.25) is 25.7 Å². The maximum atomic E-state index is 14.6. The molecule has 10 nitrogen and oxygen atoms in total. The van der Waals surface area contributed by atoms with Crippen LogP contribution in [0.4, 0.5) is 14.6 Å². The number of aryl methyl sites for hydroxylation is 1. The van der Waals surface area contributed by atoms with E-state index in [4.69, 9.17) is 4.74 Å². The van der Waals surface area contributed by atoms with Gasteiger partial charge in [0.15, 0.2) is 0 Å². The number of nitrogens with zero attached hydrogens (tertiary/aromatic N) is 5. The Morgan fingerprint density at radius 2 is 1.78 bits per heavy atom. The minimum Gasteiger partial charge on any atom is -0.360 e. The number of alkyl halides is 2. The Bertz CT molecular complexity index is 1540. The first-order chi connectivity index (χ1) is 21.7. The average Bonchev–Trinajstić information content (AvgIpc) is 3.92. The summed E-state index contributed by atoms with van der Waals surface area (Å²) in [6.07, 6.45) is 4.13. The summed E-state index contributed by atoms with van der Waals surface area (Å²) in [6, 6.07) is 3.01. The van der Waals surface area contributed by atoms with Crippen LogP contribution in [-0.2, 0) is 16.3 Å². The summed E-state index contributed by atoms with van der Waals surface area (Å²) in [5, 5.41) is 14.6. The van der Waals surface area contributed by atoms with Crippen LogP contribution in [0.25, 0.3) is 11.1 Å². The average molecular weight is 656 g/mol. The number of hydrogen-bond acceptors (Lipinski definition) is 6. The van der Waals surface area contributed by atoms with Crippen LogP contribution >= 0.6 is 0 Å². The highest BCUT2D eigenvalue weighted by Crippen LogP contribution is 2.51. The molecule has 13 heteroatoms. The van der Waals surface area contributed by atoms with Gasteiger partial charge >= 0.3 is 0 Å². The number of aromatic nitrogens is 5. The molecule has 2 amide bonds. The summed E-state index contributed by atoms with van der Waals surface area (Å²) >= 11 is 0. The number of rotatable bonds is 15. The predicted molar refractivity (Wildman–Crippen MR) is 175 cm³/mol. The third-order valence-electron chi connectivity index (χ3n) is 8.96. The molecule has 0 aliphatic heterocycles. The Balaban J connectivity index is 1.37. The van der Waals surface area contributed by atoms with E-state index in [-0.39, 0.29) is 41.5 Å². The van der Waals surface area contributed by atoms with Crippen molar-refractivity contribution in [2.75, 3.05) is 11.9 Å². The van der Waals surface area contributed by atoms with E-state index in [1.165, 1.54) is 12.3 Å². The highest BCUT2D eigenvalue weighted by Gasteiger charge is 2.48. The first-order valence-electron chi connectivity index (χ1n) is 16.3. The van der Waals surface area contributed by atoms with Crippen molar-refractivity contribution in [3.05, 3.63) is 47.2 Å². The Kier molecular flexibility index (Phi) is 10.1. The SMILES string of the molecule is Cc1nn(COCC[Si](C)(C)C)c(C)c1-c1cnc(NC(=O)[C@@H](NC(=O)c2ccnn2C(C)C)C(C2CC2)C2CC2)cc1C(F)F. The van der Waals surface area contributed by atoms with Crippen molar-refractivity contribution >= 4 is 25.7 Å². The van der Waals surface area contributed by atoms with Crippen LogP contribution in [-0.4, -0.2) is 57.1 Å². The van der Waals surface area contributed by atoms with Crippen LogP contribution in [0, 0.1) is 31.6 Å². The van der Waals surface area contributed by atoms with Crippen molar-refractivity contribution in [3.8, 4) is 11.1 Å². The molecule has 1 atom stereocenters. The summed E-state index contributed by atoms with van der Waals surface area (Å²) in [5.41, 5.74) is 2.24. The molecule has 3 heterocycles. The number of carbonyl (C=O) groups excluding carboxylic acids is 2. The van der Waals surface area contributed by atoms with E-state index in [9.17, 15) is 18.4 Å². The van der Waals surface area contributed by atoms with Crippen LogP contribution in [0.1, 0.15) is 79.4 Å². The number of anilines is 1. The van der Waals surface area contributed by atoms with Gasteiger partial charge in [0.25, 0.3) is 12.3 Å². The molecule has 3 aromatic heterocycles. The Hall–Kier alpha value is -3.45. The van der Waals surface area contributed by atoms with E-state index in [1.54, 1.807) is 28.6 Å². The van der Waals surface area contributed by atoms with Gasteiger partial charge in [0.2, 0.25) is 5.91 Å². The second-order valence-electron chi connectivity index (χ2n) is 14.3. The Morgan fingerprint density at radius 3 is 2.37 bits per heavy atom. The molecule has 2 aliphatic carbocycles. The second kappa shape index (κ2) is 13.7. The maximum absolute atomic E-state index is 14.6. The van der Waals surface area contributed by atoms with Gasteiger partial charge in [-0.15, -0.1) is 0 Å². The smallest absolute Gasteiger partial charge is 0.270 e. The third-order valence-corrected chi connectivity index (χ3v) is 10.7. The van der Waals surface area contributed by atoms with Crippen LogP contribution < -0.4 is 10.6 Å². The minimum atomic E-state index is -2.82. The molecule has 0 spiro atoms. The van der Waals surface area contributed by atoms with Crippen LogP contribution in [0.3, 0.4) is 0 Å². The van der Waals surface area contributed by atoms with E-state index in [2.05, 4.69) is 45.5 Å². The Labute approximate surface area is 270 Å². The fourth-order valence-corrected chi connectivity index (χ4v) is 6.98. The molecule has 2 fully saturated rings. The maximum Gasteiger partial charge on any atom is 0.270 e. The molecule has 5 rings (SSSR count). The van der Waals surface area contributed by atoms with Gasteiger partial charge in [0.1, 0.15) is 24.3 Å². The van der Waals surface area contributed by atoms with Crippen molar-refractivity contribution in [3.63, 3.8) is 0 Å². The fraction of sp³-hybridized carbons (Fsp3) is 0.606. The number of amides is 2. The molecular formula is C33H47F2N7O3Si. The van der Waals surface area contributed by atoms with Crippen molar-refractivity contribution < 1.29 is 23.1 Å². The van der Waals surface area contributed by atoms with Crippen molar-refractivity contribution in [1.29, 1.82) is 0 Å². The normalized spacial score (nSPS) is 16.0. The summed E-state index contributed by atoms with van der Waals surface area (Å²) in [7, 11) is -1.25. The number of halogens is 2. The largest absolute Gasteiger partial charge is 0.360 e. The molecule has 0 saturated heterocycles. The lowest BCUT2D eigenvalue weighted by Crippen LogP contribution is -2.50. The van der Waals surface area contributed by atoms with Crippen LogP contribution in [0.15, 0.2) is 24.5 Å². The van der Waals surface area contributed by atoms with Crippen molar-refractivity contribution in [1.82, 2.24) is 29.9 Å². The molecular weight excluding hydrogens is 608 g/mol. The fourth-order valence-electron chi connectivity index (χ4n) is 6.22. The molecule has 0 aromatic carbocycles. The third kappa shape index (κ3) is 7.91. The molecule has 250 valence electrons. The van der Waals surface area contributed by atoms with Crippen molar-refractivity contribution in [2.45, 2.75) is 104 Å². The summed E-state index contributed by atoms with van der Waals surface area (Å²) < 4.78 is 38.3. The van der Waals surface area contributed by atoms with E-state index in [1.807, 2.05) is 20.8 Å². The topological polar surface area (TPSA) is 116 Å². The first kappa shape index (κ1) is 33.9. The molecule has 3 aromatic rings. The highest BCUT2D eigenvalue weighted by atomic mass is 28.3. The molecule has 0 radical (unpaired) electrons. The zero-order valence-corrected chi connectivity index (χ0v) is 28.9. The number of ether oxygens (including phenoxy) is 1. The van der Waals surface area contributed by atoms with Crippen molar-refractivity contribution in [2.24, 2.45) is 17.8 Å². The predicted octanol–water partition coefficient (Wildman–Crippen LogP) is 6.76. The molecule has 2 N–H and O–H groups in total. The van der Waals surface area contributed by atoms with Gasteiger partial charge in [-0.05, 0) is 89.3 Å².